The molecule has 3 heterocycles. The lowest BCUT2D eigenvalue weighted by Crippen LogP contribution is -2.76. The first kappa shape index (κ1) is 27.1. The van der Waals surface area contributed by atoms with Crippen LogP contribution in [0.25, 0.3) is 11.0 Å². The van der Waals surface area contributed by atoms with Gasteiger partial charge in [-0.2, -0.15) is 11.8 Å². The van der Waals surface area contributed by atoms with E-state index in [2.05, 4.69) is 5.32 Å². The molecule has 2 aliphatic rings. The van der Waals surface area contributed by atoms with Gasteiger partial charge in [-0.1, -0.05) is 37.3 Å². The van der Waals surface area contributed by atoms with Crippen molar-refractivity contribution in [3.63, 3.8) is 0 Å². The zero-order valence-corrected chi connectivity index (χ0v) is 22.8. The molecule has 4 atom stereocenters. The molecule has 0 spiro atoms. The van der Waals surface area contributed by atoms with E-state index in [-0.39, 0.29) is 42.0 Å². The van der Waals surface area contributed by atoms with Crippen molar-refractivity contribution in [3.05, 3.63) is 76.6 Å². The van der Waals surface area contributed by atoms with Crippen molar-refractivity contribution in [2.45, 2.75) is 30.0 Å². The van der Waals surface area contributed by atoms with Crippen LogP contribution in [0.2, 0.25) is 0 Å². The van der Waals surface area contributed by atoms with Crippen molar-refractivity contribution in [1.29, 1.82) is 0 Å². The van der Waals surface area contributed by atoms with Crippen LogP contribution in [0.1, 0.15) is 12.5 Å². The summed E-state index contributed by atoms with van der Waals surface area (Å²) in [5.74, 6) is 0.127. The van der Waals surface area contributed by atoms with E-state index in [0.717, 1.165) is 16.7 Å². The molecule has 2 amide bonds. The van der Waals surface area contributed by atoms with Gasteiger partial charge < -0.3 is 24.5 Å². The quantitative estimate of drug-likeness (QED) is 0.280. The summed E-state index contributed by atoms with van der Waals surface area (Å²) in [4.78, 5) is 51.7. The number of carboxylic acid groups (broad SMARTS) is 1. The van der Waals surface area contributed by atoms with Crippen LogP contribution in [-0.4, -0.2) is 69.1 Å². The Bertz CT molecular complexity index is 1450. The maximum absolute atomic E-state index is 13.1. The second-order valence-electron chi connectivity index (χ2n) is 9.55. The molecule has 0 saturated carbocycles. The van der Waals surface area contributed by atoms with Crippen molar-refractivity contribution in [1.82, 2.24) is 10.2 Å². The molecule has 2 aliphatic heterocycles. The van der Waals surface area contributed by atoms with E-state index in [4.69, 9.17) is 9.15 Å². The summed E-state index contributed by atoms with van der Waals surface area (Å²) in [5, 5.41) is 13.3. The molecule has 3 aromatic rings. The van der Waals surface area contributed by atoms with E-state index in [1.165, 1.54) is 22.7 Å². The fourth-order valence-corrected chi connectivity index (χ4v) is 7.74. The number of hydrogen-bond donors (Lipinski definition) is 2. The molecule has 0 radical (unpaired) electrons. The molecule has 1 aromatic heterocycles. The Morgan fingerprint density at radius 2 is 1.95 bits per heavy atom. The minimum atomic E-state index is -1.37. The number of nitrogens with zero attached hydrogens (tertiary/aromatic N) is 1. The van der Waals surface area contributed by atoms with E-state index < -0.39 is 23.1 Å². The maximum atomic E-state index is 13.1. The van der Waals surface area contributed by atoms with Gasteiger partial charge in [0.05, 0.1) is 6.42 Å². The lowest BCUT2D eigenvalue weighted by Gasteiger charge is -2.56. The number of amides is 2. The molecule has 0 aliphatic carbocycles. The van der Waals surface area contributed by atoms with Crippen molar-refractivity contribution in [2.75, 3.05) is 24.7 Å². The average Bonchev–Trinajstić information content (AvgIpc) is 2.93. The number of carbonyl (C=O) groups excluding carboxylic acids is 2. The zero-order chi connectivity index (χ0) is 27.6. The zero-order valence-electron chi connectivity index (χ0n) is 21.2. The maximum Gasteiger partial charge on any atom is 0.336 e. The summed E-state index contributed by atoms with van der Waals surface area (Å²) in [6.45, 7) is 1.81. The number of carboxylic acids is 1. The minimum absolute atomic E-state index is 0.0263. The third kappa shape index (κ3) is 5.51. The van der Waals surface area contributed by atoms with Gasteiger partial charge in [-0.05, 0) is 29.5 Å². The standard InChI is InChI=1S/C28H28N2O7S2/c1-2-38-14-21-28(27(34)35,16-36-19-10-8-18-9-11-23(32)37-20(18)13-19)15-30-25(33)24(26(30)39-21)29-22(31)12-17-6-4-3-5-7-17/h3-11,13,21,24,26H,2,12,14-16H2,1H3,(H,29,31)(H,34,35)/t21-,24-,26-,28?/m1/s1. The molecular weight excluding hydrogens is 540 g/mol. The molecule has 1 unspecified atom stereocenters. The highest BCUT2D eigenvalue weighted by Crippen LogP contribution is 2.48. The van der Waals surface area contributed by atoms with Gasteiger partial charge in [-0.15, -0.1) is 11.8 Å². The molecule has 2 N–H and O–H groups in total. The SMILES string of the molecule is CCSC[C@H]1S[C@@H]2[C@H](NC(=O)Cc3ccccc3)C(=O)N2CC1(COc1ccc2ccc(=O)oc2c1)C(=O)O. The van der Waals surface area contributed by atoms with Crippen LogP contribution in [-0.2, 0) is 20.8 Å². The van der Waals surface area contributed by atoms with Crippen molar-refractivity contribution in [3.8, 4) is 5.75 Å². The summed E-state index contributed by atoms with van der Waals surface area (Å²) >= 11 is 3.03. The lowest BCUT2D eigenvalue weighted by molar-refractivity contribution is -0.162. The third-order valence-corrected chi connectivity index (χ3v) is 9.97. The second kappa shape index (κ2) is 11.4. The number of benzene rings is 2. The molecule has 5 rings (SSSR count). The van der Waals surface area contributed by atoms with Gasteiger partial charge in [0.25, 0.3) is 0 Å². The predicted molar refractivity (Wildman–Crippen MR) is 150 cm³/mol. The van der Waals surface area contributed by atoms with Gasteiger partial charge in [-0.3, -0.25) is 14.4 Å². The molecule has 39 heavy (non-hydrogen) atoms. The first-order valence-electron chi connectivity index (χ1n) is 12.6. The van der Waals surface area contributed by atoms with Crippen LogP contribution in [0.4, 0.5) is 0 Å². The average molecular weight is 569 g/mol. The Morgan fingerprint density at radius 1 is 1.18 bits per heavy atom. The summed E-state index contributed by atoms with van der Waals surface area (Å²) in [6.07, 6.45) is 0.163. The molecular formula is C28H28N2O7S2. The monoisotopic (exact) mass is 568 g/mol. The van der Waals surface area contributed by atoms with E-state index in [9.17, 15) is 24.3 Å². The highest BCUT2D eigenvalue weighted by Gasteiger charge is 2.61. The van der Waals surface area contributed by atoms with Gasteiger partial charge in [0.15, 0.2) is 0 Å². The Balaban J connectivity index is 1.33. The number of β-lactam (4-membered cyclic amide) rings is 1. The number of fused-ring (bicyclic) bond motifs is 2. The van der Waals surface area contributed by atoms with Crippen LogP contribution in [0.15, 0.2) is 69.9 Å². The predicted octanol–water partition coefficient (Wildman–Crippen LogP) is 3.01. The van der Waals surface area contributed by atoms with E-state index in [1.54, 1.807) is 36.0 Å². The smallest absolute Gasteiger partial charge is 0.336 e. The van der Waals surface area contributed by atoms with Crippen LogP contribution < -0.4 is 15.7 Å². The van der Waals surface area contributed by atoms with Gasteiger partial charge in [0.2, 0.25) is 11.8 Å². The van der Waals surface area contributed by atoms with E-state index in [1.807, 2.05) is 37.3 Å². The Labute approximate surface area is 233 Å². The number of rotatable bonds is 10. The van der Waals surface area contributed by atoms with Gasteiger partial charge in [0.1, 0.15) is 34.8 Å². The normalized spacial score (nSPS) is 24.1. The number of thioether (sulfide) groups is 2. The Morgan fingerprint density at radius 3 is 2.69 bits per heavy atom. The summed E-state index contributed by atoms with van der Waals surface area (Å²) < 4.78 is 11.2. The van der Waals surface area contributed by atoms with Crippen LogP contribution in [0, 0.1) is 5.41 Å². The number of nitrogens with one attached hydrogen (secondary N) is 1. The minimum Gasteiger partial charge on any atom is -0.492 e. The number of aliphatic carboxylic acids is 1. The number of hydrogen-bond acceptors (Lipinski definition) is 8. The summed E-state index contributed by atoms with van der Waals surface area (Å²) in [7, 11) is 0. The van der Waals surface area contributed by atoms with E-state index in [0.29, 0.717) is 17.1 Å². The molecule has 2 saturated heterocycles. The lowest BCUT2D eigenvalue weighted by atomic mass is 9.82. The molecule has 11 heteroatoms. The first-order chi connectivity index (χ1) is 18.8. The molecule has 2 aromatic carbocycles. The molecule has 2 fully saturated rings. The Kier molecular flexibility index (Phi) is 7.90. The molecule has 204 valence electrons. The van der Waals surface area contributed by atoms with Gasteiger partial charge >= 0.3 is 11.6 Å². The molecule has 9 nitrogen and oxygen atoms in total. The van der Waals surface area contributed by atoms with Crippen molar-refractivity contribution < 1.29 is 28.6 Å². The topological polar surface area (TPSA) is 126 Å². The number of ether oxygens (including phenoxy) is 1. The highest BCUT2D eigenvalue weighted by atomic mass is 32.2. The van der Waals surface area contributed by atoms with Crippen LogP contribution in [0.3, 0.4) is 0 Å². The van der Waals surface area contributed by atoms with E-state index >= 15 is 0 Å². The number of carbonyl (C=O) groups is 3. The Hall–Kier alpha value is -3.44. The fourth-order valence-electron chi connectivity index (χ4n) is 4.86. The summed E-state index contributed by atoms with van der Waals surface area (Å²) in [5.41, 5.74) is -0.672. The largest absolute Gasteiger partial charge is 0.492 e. The fraction of sp³-hybridized carbons (Fsp3) is 0.357. The molecule has 0 bridgehead atoms. The first-order valence-corrected chi connectivity index (χ1v) is 14.7. The van der Waals surface area contributed by atoms with Crippen LogP contribution >= 0.6 is 23.5 Å². The third-order valence-electron chi connectivity index (χ3n) is 7.03. The van der Waals surface area contributed by atoms with Crippen molar-refractivity contribution >= 4 is 52.3 Å². The van der Waals surface area contributed by atoms with Crippen LogP contribution in [0.5, 0.6) is 5.75 Å². The van der Waals surface area contributed by atoms with Gasteiger partial charge in [-0.25, -0.2) is 4.79 Å². The summed E-state index contributed by atoms with van der Waals surface area (Å²) in [6, 6.07) is 16.6. The second-order valence-corrected chi connectivity index (χ2v) is 12.2. The van der Waals surface area contributed by atoms with Crippen molar-refractivity contribution in [2.24, 2.45) is 5.41 Å². The highest BCUT2D eigenvalue weighted by molar-refractivity contribution is 8.03. The van der Waals surface area contributed by atoms with Gasteiger partial charge in [0, 0.05) is 35.1 Å².